The number of ether oxygens (including phenoxy) is 3. The quantitative estimate of drug-likeness (QED) is 0.0421. The van der Waals surface area contributed by atoms with E-state index < -0.39 is 16.8 Å². The lowest BCUT2D eigenvalue weighted by Gasteiger charge is -2.25. The topological polar surface area (TPSA) is 154 Å². The Hall–Kier alpha value is -5.06. The van der Waals surface area contributed by atoms with Crippen LogP contribution in [0, 0.1) is 16.7 Å². The van der Waals surface area contributed by atoms with Crippen LogP contribution in [-0.2, 0) is 38.8 Å². The molecule has 0 saturated heterocycles. The first-order chi connectivity index (χ1) is 31.2. The Labute approximate surface area is 396 Å². The van der Waals surface area contributed by atoms with E-state index in [-0.39, 0.29) is 42.7 Å². The molecule has 1 N–H and O–H groups in total. The van der Waals surface area contributed by atoms with Crippen LogP contribution in [0.15, 0.2) is 66.7 Å². The minimum atomic E-state index is -0.722. The van der Waals surface area contributed by atoms with Crippen LogP contribution >= 0.6 is 0 Å². The van der Waals surface area contributed by atoms with E-state index in [4.69, 9.17) is 19.3 Å². The van der Waals surface area contributed by atoms with Crippen molar-refractivity contribution in [1.82, 2.24) is 4.90 Å². The fourth-order valence-corrected chi connectivity index (χ4v) is 6.32. The van der Waals surface area contributed by atoms with Crippen molar-refractivity contribution in [2.24, 2.45) is 16.7 Å². The minimum Gasteiger partial charge on any atom is -0.481 e. The summed E-state index contributed by atoms with van der Waals surface area (Å²) in [5.41, 5.74) is 1.99. The van der Waals surface area contributed by atoms with Crippen LogP contribution in [0.5, 0.6) is 0 Å². The molecule has 0 saturated carbocycles. The van der Waals surface area contributed by atoms with Gasteiger partial charge in [-0.15, -0.1) is 0 Å². The summed E-state index contributed by atoms with van der Waals surface area (Å²) in [6, 6.07) is 21.8. The molecule has 66 heavy (non-hydrogen) atoms. The van der Waals surface area contributed by atoms with E-state index in [2.05, 4.69) is 65.0 Å². The van der Waals surface area contributed by atoms with Crippen molar-refractivity contribution in [3.63, 3.8) is 0 Å². The van der Waals surface area contributed by atoms with Crippen LogP contribution in [0.2, 0.25) is 0 Å². The number of carbonyl (C=O) groups excluding carboxylic acids is 5. The molecule has 2 amide bonds. The standard InChI is InChI=1S/C24H44O6.C14H11NO2.C11H16.C6H12O2/c1-6-9-14-20(7-2)19-30-22(26)15-11-10-12-17-28-21(25)16-13-18-29-23(27)24(4,5)8-3;1-2-15-13(16)10-7-3-5-9-6-4-8-11(12(9)10)14(15)17;1-4-11(2,3)10-8-6-5-7-9-10;1-4-6(2,3)5(7)8/h20H,6-19H2,1-5H3;3-8H,2H2,1H3;5-9H,4H2,1-3H3;4H2,1-3H3,(H,7,8). The van der Waals surface area contributed by atoms with Gasteiger partial charge in [0.25, 0.3) is 11.8 Å². The second-order valence-corrected chi connectivity index (χ2v) is 18.8. The average Bonchev–Trinajstić information content (AvgIpc) is 3.31. The van der Waals surface area contributed by atoms with Crippen molar-refractivity contribution < 1.29 is 48.1 Å². The molecule has 1 atom stereocenters. The Morgan fingerprint density at radius 3 is 1.64 bits per heavy atom. The monoisotopic (exact) mass is 918 g/mol. The molecule has 1 unspecified atom stereocenters. The SMILES string of the molecule is CCC(C)(C)C(=O)O.CCC(C)(C)c1ccccc1.CCCCC(CC)COC(=O)CCCCCOC(=O)CCCOC(=O)C(C)(C)CC.CCN1C(=O)c2cccc3cccc(c23)C1=O. The number of aliphatic carboxylic acids is 1. The molecule has 3 aromatic carbocycles. The molecule has 3 aromatic rings. The van der Waals surface area contributed by atoms with Gasteiger partial charge in [0.2, 0.25) is 0 Å². The number of hydrogen-bond acceptors (Lipinski definition) is 9. The number of unbranched alkanes of at least 4 members (excludes halogenated alkanes) is 3. The number of nitrogens with zero attached hydrogens (tertiary/aromatic N) is 1. The maximum absolute atomic E-state index is 12.1. The highest BCUT2D eigenvalue weighted by Crippen LogP contribution is 2.30. The molecule has 0 aliphatic carbocycles. The second kappa shape index (κ2) is 30.3. The van der Waals surface area contributed by atoms with E-state index in [0.29, 0.717) is 67.9 Å². The number of carboxylic acids is 1. The van der Waals surface area contributed by atoms with Gasteiger partial charge in [-0.1, -0.05) is 122 Å². The fraction of sp³-hybridized carbons (Fsp3) is 0.600. The average molecular weight is 918 g/mol. The molecular weight excluding hydrogens is 835 g/mol. The fourth-order valence-electron chi connectivity index (χ4n) is 6.32. The Morgan fingerprint density at radius 1 is 0.606 bits per heavy atom. The summed E-state index contributed by atoms with van der Waals surface area (Å²) in [7, 11) is 0. The third-order valence-corrected chi connectivity index (χ3v) is 12.6. The summed E-state index contributed by atoms with van der Waals surface area (Å²) >= 11 is 0. The third kappa shape index (κ3) is 20.2. The van der Waals surface area contributed by atoms with Crippen molar-refractivity contribution in [2.45, 2.75) is 172 Å². The molecule has 1 aliphatic rings. The zero-order valence-electron chi connectivity index (χ0n) is 42.5. The van der Waals surface area contributed by atoms with Gasteiger partial charge in [-0.2, -0.15) is 0 Å². The summed E-state index contributed by atoms with van der Waals surface area (Å²) < 4.78 is 15.8. The van der Waals surface area contributed by atoms with Gasteiger partial charge in [-0.25, -0.2) is 0 Å². The molecule has 0 fully saturated rings. The minimum absolute atomic E-state index is 0.136. The maximum atomic E-state index is 12.1. The highest BCUT2D eigenvalue weighted by molar-refractivity contribution is 6.25. The van der Waals surface area contributed by atoms with Crippen molar-refractivity contribution in [2.75, 3.05) is 26.4 Å². The van der Waals surface area contributed by atoms with Gasteiger partial charge in [-0.3, -0.25) is 33.7 Å². The van der Waals surface area contributed by atoms with Crippen molar-refractivity contribution in [3.8, 4) is 0 Å². The molecule has 1 heterocycles. The van der Waals surface area contributed by atoms with Gasteiger partial charge >= 0.3 is 23.9 Å². The summed E-state index contributed by atoms with van der Waals surface area (Å²) in [6.45, 7) is 25.4. The van der Waals surface area contributed by atoms with Gasteiger partial charge in [0.1, 0.15) is 0 Å². The summed E-state index contributed by atoms with van der Waals surface area (Å²) in [5.74, 6) is -1.29. The molecule has 368 valence electrons. The lowest BCUT2D eigenvalue weighted by molar-refractivity contribution is -0.155. The van der Waals surface area contributed by atoms with Crippen molar-refractivity contribution in [3.05, 3.63) is 83.4 Å². The Bertz CT molecular complexity index is 1900. The predicted molar refractivity (Wildman–Crippen MR) is 264 cm³/mol. The van der Waals surface area contributed by atoms with E-state index in [9.17, 15) is 28.8 Å². The highest BCUT2D eigenvalue weighted by Gasteiger charge is 2.31. The number of rotatable bonds is 23. The zero-order chi connectivity index (χ0) is 49.9. The molecule has 0 spiro atoms. The van der Waals surface area contributed by atoms with E-state index in [1.807, 2.05) is 58.9 Å². The predicted octanol–water partition coefficient (Wildman–Crippen LogP) is 12.9. The molecule has 0 aromatic heterocycles. The molecule has 4 rings (SSSR count). The number of amides is 2. The van der Waals surface area contributed by atoms with E-state index in [0.717, 1.165) is 42.9 Å². The molecule has 0 radical (unpaired) electrons. The van der Waals surface area contributed by atoms with Crippen LogP contribution in [0.4, 0.5) is 0 Å². The number of esters is 3. The van der Waals surface area contributed by atoms with Gasteiger partial charge < -0.3 is 19.3 Å². The Balaban J connectivity index is 0.000000500. The van der Waals surface area contributed by atoms with E-state index >= 15 is 0 Å². The first-order valence-electron chi connectivity index (χ1n) is 24.3. The first-order valence-corrected chi connectivity index (χ1v) is 24.3. The summed E-state index contributed by atoms with van der Waals surface area (Å²) in [6.07, 6.45) is 10.5. The van der Waals surface area contributed by atoms with Gasteiger partial charge in [0.15, 0.2) is 0 Å². The van der Waals surface area contributed by atoms with E-state index in [1.54, 1.807) is 26.0 Å². The van der Waals surface area contributed by atoms with E-state index in [1.165, 1.54) is 29.7 Å². The molecular formula is C55H83NO10. The molecule has 11 nitrogen and oxygen atoms in total. The number of benzene rings is 3. The largest absolute Gasteiger partial charge is 0.481 e. The number of carboxylic acid groups (broad SMARTS) is 1. The normalized spacial score (nSPS) is 12.6. The highest BCUT2D eigenvalue weighted by atomic mass is 16.5. The lowest BCUT2D eigenvalue weighted by Crippen LogP contribution is -2.39. The number of carbonyl (C=O) groups is 6. The second-order valence-electron chi connectivity index (χ2n) is 18.8. The molecule has 0 bridgehead atoms. The first kappa shape index (κ1) is 59.0. The Kier molecular flexibility index (Phi) is 27.0. The summed E-state index contributed by atoms with van der Waals surface area (Å²) in [5, 5.41) is 10.2. The number of imide groups is 1. The van der Waals surface area contributed by atoms with Crippen LogP contribution in [0.1, 0.15) is 193 Å². The van der Waals surface area contributed by atoms with Crippen LogP contribution < -0.4 is 0 Å². The Morgan fingerprint density at radius 2 is 1.15 bits per heavy atom. The number of hydrogen-bond donors (Lipinski definition) is 1. The van der Waals surface area contributed by atoms with Crippen LogP contribution in [0.25, 0.3) is 10.8 Å². The van der Waals surface area contributed by atoms with Crippen LogP contribution in [-0.4, -0.2) is 72.1 Å². The summed E-state index contributed by atoms with van der Waals surface area (Å²) in [4.78, 5) is 71.2. The van der Waals surface area contributed by atoms with Crippen molar-refractivity contribution in [1.29, 1.82) is 0 Å². The molecule has 11 heteroatoms. The van der Waals surface area contributed by atoms with Crippen LogP contribution in [0.3, 0.4) is 0 Å². The molecule has 1 aliphatic heterocycles. The van der Waals surface area contributed by atoms with Gasteiger partial charge in [0, 0.05) is 35.9 Å². The van der Waals surface area contributed by atoms with Gasteiger partial charge in [-0.05, 0) is 120 Å². The van der Waals surface area contributed by atoms with Gasteiger partial charge in [0.05, 0.1) is 30.7 Å². The zero-order valence-corrected chi connectivity index (χ0v) is 42.5. The van der Waals surface area contributed by atoms with Crippen molar-refractivity contribution >= 4 is 46.5 Å². The third-order valence-electron chi connectivity index (χ3n) is 12.6. The maximum Gasteiger partial charge on any atom is 0.311 e. The smallest absolute Gasteiger partial charge is 0.311 e. The lowest BCUT2D eigenvalue weighted by atomic mass is 9.82.